The third-order valence-corrected chi connectivity index (χ3v) is 4.75. The largest absolute Gasteiger partial charge is 0.311 e. The average Bonchev–Trinajstić information content (AvgIpc) is 2.16. The number of piperidine rings is 1. The van der Waals surface area contributed by atoms with Crippen molar-refractivity contribution in [3.63, 3.8) is 0 Å². The van der Waals surface area contributed by atoms with Crippen LogP contribution in [-0.2, 0) is 0 Å². The molecule has 18 heavy (non-hydrogen) atoms. The Morgan fingerprint density at radius 3 is 1.89 bits per heavy atom. The minimum atomic E-state index is 0.505. The smallest absolute Gasteiger partial charge is 0.00940 e. The molecule has 1 aliphatic carbocycles. The Bertz CT molecular complexity index is 259. The number of hydrogen-bond donors (Lipinski definition) is 1. The highest BCUT2D eigenvalue weighted by Crippen LogP contribution is 2.45. The Balaban J connectivity index is 1.89. The minimum Gasteiger partial charge on any atom is -0.311 e. The SMILES string of the molecule is CN1CCC(NC2CC(C)(C)CC(C)(C)C2)CC1. The molecule has 2 aliphatic rings. The summed E-state index contributed by atoms with van der Waals surface area (Å²) in [6.45, 7) is 12.3. The molecular formula is C16H32N2. The Labute approximate surface area is 114 Å². The van der Waals surface area contributed by atoms with Crippen LogP contribution >= 0.6 is 0 Å². The van der Waals surface area contributed by atoms with Crippen molar-refractivity contribution in [2.75, 3.05) is 20.1 Å². The molecule has 0 aromatic heterocycles. The molecule has 1 saturated heterocycles. The average molecular weight is 252 g/mol. The summed E-state index contributed by atoms with van der Waals surface area (Å²) in [5.74, 6) is 0. The molecule has 0 atom stereocenters. The first-order chi connectivity index (χ1) is 8.26. The van der Waals surface area contributed by atoms with Gasteiger partial charge >= 0.3 is 0 Å². The number of nitrogens with zero attached hydrogens (tertiary/aromatic N) is 1. The van der Waals surface area contributed by atoms with E-state index < -0.39 is 0 Å². The van der Waals surface area contributed by atoms with Crippen LogP contribution in [0.25, 0.3) is 0 Å². The van der Waals surface area contributed by atoms with Crippen molar-refractivity contribution in [3.8, 4) is 0 Å². The van der Waals surface area contributed by atoms with Gasteiger partial charge < -0.3 is 10.2 Å². The molecule has 1 heterocycles. The fourth-order valence-electron chi connectivity index (χ4n) is 4.47. The summed E-state index contributed by atoms with van der Waals surface area (Å²) >= 11 is 0. The lowest BCUT2D eigenvalue weighted by atomic mass is 9.63. The highest BCUT2D eigenvalue weighted by Gasteiger charge is 2.38. The molecule has 1 N–H and O–H groups in total. The zero-order chi connectivity index (χ0) is 13.4. The maximum atomic E-state index is 3.96. The summed E-state index contributed by atoms with van der Waals surface area (Å²) in [7, 11) is 2.24. The van der Waals surface area contributed by atoms with Crippen molar-refractivity contribution in [1.29, 1.82) is 0 Å². The molecule has 0 amide bonds. The van der Waals surface area contributed by atoms with E-state index in [0.29, 0.717) is 10.8 Å². The standard InChI is InChI=1S/C16H32N2/c1-15(2)10-14(11-16(3,4)12-15)17-13-6-8-18(5)9-7-13/h13-14,17H,6-12H2,1-5H3. The first-order valence-corrected chi connectivity index (χ1v) is 7.70. The monoisotopic (exact) mass is 252 g/mol. The molecule has 0 spiro atoms. The van der Waals surface area contributed by atoms with Gasteiger partial charge in [-0.3, -0.25) is 0 Å². The van der Waals surface area contributed by atoms with Gasteiger partial charge in [0.1, 0.15) is 0 Å². The van der Waals surface area contributed by atoms with E-state index >= 15 is 0 Å². The highest BCUT2D eigenvalue weighted by atomic mass is 15.1. The van der Waals surface area contributed by atoms with Gasteiger partial charge in [-0.05, 0) is 63.1 Å². The molecule has 0 aromatic rings. The van der Waals surface area contributed by atoms with Crippen LogP contribution in [0.1, 0.15) is 59.8 Å². The second kappa shape index (κ2) is 5.13. The van der Waals surface area contributed by atoms with E-state index in [-0.39, 0.29) is 0 Å². The Kier molecular flexibility index (Phi) is 4.08. The summed E-state index contributed by atoms with van der Waals surface area (Å²) in [6.07, 6.45) is 6.72. The highest BCUT2D eigenvalue weighted by molar-refractivity contribution is 4.93. The normalized spacial score (nSPS) is 30.5. The molecule has 0 aromatic carbocycles. The van der Waals surface area contributed by atoms with E-state index in [4.69, 9.17) is 0 Å². The van der Waals surface area contributed by atoms with Crippen LogP contribution in [0.15, 0.2) is 0 Å². The lowest BCUT2D eigenvalue weighted by Crippen LogP contribution is -2.50. The molecule has 0 radical (unpaired) electrons. The van der Waals surface area contributed by atoms with Crippen molar-refractivity contribution < 1.29 is 0 Å². The maximum Gasteiger partial charge on any atom is 0.00940 e. The van der Waals surface area contributed by atoms with Gasteiger partial charge in [0.05, 0.1) is 0 Å². The van der Waals surface area contributed by atoms with Crippen LogP contribution in [0.5, 0.6) is 0 Å². The van der Waals surface area contributed by atoms with E-state index in [0.717, 1.165) is 12.1 Å². The topological polar surface area (TPSA) is 15.3 Å². The fraction of sp³-hybridized carbons (Fsp3) is 1.00. The molecular weight excluding hydrogens is 220 g/mol. The number of likely N-dealkylation sites (tertiary alicyclic amines) is 1. The van der Waals surface area contributed by atoms with Gasteiger partial charge in [-0.2, -0.15) is 0 Å². The molecule has 2 nitrogen and oxygen atoms in total. The quantitative estimate of drug-likeness (QED) is 0.811. The zero-order valence-electron chi connectivity index (χ0n) is 13.1. The first-order valence-electron chi connectivity index (χ1n) is 7.70. The Morgan fingerprint density at radius 1 is 0.889 bits per heavy atom. The van der Waals surface area contributed by atoms with Crippen LogP contribution in [0.4, 0.5) is 0 Å². The van der Waals surface area contributed by atoms with E-state index in [1.807, 2.05) is 0 Å². The van der Waals surface area contributed by atoms with Gasteiger partial charge in [0.25, 0.3) is 0 Å². The maximum absolute atomic E-state index is 3.96. The number of rotatable bonds is 2. The van der Waals surface area contributed by atoms with E-state index in [2.05, 4.69) is 45.0 Å². The summed E-state index contributed by atoms with van der Waals surface area (Å²) in [6, 6.07) is 1.49. The lowest BCUT2D eigenvalue weighted by Gasteiger charge is -2.46. The van der Waals surface area contributed by atoms with Crippen LogP contribution in [0, 0.1) is 10.8 Å². The van der Waals surface area contributed by atoms with Crippen molar-refractivity contribution in [2.24, 2.45) is 10.8 Å². The Hall–Kier alpha value is -0.0800. The first kappa shape index (κ1) is 14.3. The summed E-state index contributed by atoms with van der Waals surface area (Å²) in [5.41, 5.74) is 1.01. The predicted molar refractivity (Wildman–Crippen MR) is 78.9 cm³/mol. The predicted octanol–water partition coefficient (Wildman–Crippen LogP) is 3.28. The zero-order valence-corrected chi connectivity index (χ0v) is 13.1. The molecule has 0 unspecified atom stereocenters. The number of nitrogens with one attached hydrogen (secondary N) is 1. The van der Waals surface area contributed by atoms with Crippen LogP contribution in [0.2, 0.25) is 0 Å². The van der Waals surface area contributed by atoms with Gasteiger partial charge in [-0.25, -0.2) is 0 Å². The Morgan fingerprint density at radius 2 is 1.39 bits per heavy atom. The summed E-state index contributed by atoms with van der Waals surface area (Å²) in [4.78, 5) is 2.45. The molecule has 1 aliphatic heterocycles. The summed E-state index contributed by atoms with van der Waals surface area (Å²) < 4.78 is 0. The van der Waals surface area contributed by atoms with Gasteiger partial charge in [-0.15, -0.1) is 0 Å². The molecule has 0 bridgehead atoms. The van der Waals surface area contributed by atoms with E-state index in [1.54, 1.807) is 0 Å². The lowest BCUT2D eigenvalue weighted by molar-refractivity contribution is 0.0749. The molecule has 1 saturated carbocycles. The van der Waals surface area contributed by atoms with Crippen LogP contribution < -0.4 is 5.32 Å². The van der Waals surface area contributed by atoms with Crippen molar-refractivity contribution in [3.05, 3.63) is 0 Å². The summed E-state index contributed by atoms with van der Waals surface area (Å²) in [5, 5.41) is 3.96. The van der Waals surface area contributed by atoms with Crippen molar-refractivity contribution in [1.82, 2.24) is 10.2 Å². The van der Waals surface area contributed by atoms with Crippen LogP contribution in [0.3, 0.4) is 0 Å². The third-order valence-electron chi connectivity index (χ3n) is 4.75. The van der Waals surface area contributed by atoms with Crippen LogP contribution in [-0.4, -0.2) is 37.1 Å². The third kappa shape index (κ3) is 3.96. The number of hydrogen-bond acceptors (Lipinski definition) is 2. The van der Waals surface area contributed by atoms with Crippen molar-refractivity contribution >= 4 is 0 Å². The molecule has 2 fully saturated rings. The minimum absolute atomic E-state index is 0.505. The van der Waals surface area contributed by atoms with Gasteiger partial charge in [0, 0.05) is 12.1 Å². The van der Waals surface area contributed by atoms with E-state index in [9.17, 15) is 0 Å². The molecule has 2 rings (SSSR count). The van der Waals surface area contributed by atoms with Gasteiger partial charge in [0.2, 0.25) is 0 Å². The van der Waals surface area contributed by atoms with Crippen molar-refractivity contribution in [2.45, 2.75) is 71.9 Å². The van der Waals surface area contributed by atoms with Gasteiger partial charge in [0.15, 0.2) is 0 Å². The molecule has 2 heteroatoms. The second-order valence-corrected chi connectivity index (χ2v) is 8.35. The van der Waals surface area contributed by atoms with E-state index in [1.165, 1.54) is 45.2 Å². The molecule has 106 valence electrons. The van der Waals surface area contributed by atoms with Gasteiger partial charge in [-0.1, -0.05) is 27.7 Å². The second-order valence-electron chi connectivity index (χ2n) is 8.35. The fourth-order valence-corrected chi connectivity index (χ4v) is 4.47.